The number of hydrogen-bond acceptors (Lipinski definition) is 4. The van der Waals surface area contributed by atoms with Crippen molar-refractivity contribution in [3.05, 3.63) is 93.5 Å². The van der Waals surface area contributed by atoms with Crippen LogP contribution in [-0.4, -0.2) is 53.7 Å². The van der Waals surface area contributed by atoms with E-state index >= 15 is 0 Å². The van der Waals surface area contributed by atoms with Gasteiger partial charge in [0.1, 0.15) is 12.2 Å². The van der Waals surface area contributed by atoms with E-state index in [1.807, 2.05) is 17.7 Å². The first-order valence-corrected chi connectivity index (χ1v) is 14.0. The van der Waals surface area contributed by atoms with Gasteiger partial charge >= 0.3 is 11.9 Å². The Morgan fingerprint density at radius 2 is 1.93 bits per heavy atom. The van der Waals surface area contributed by atoms with Gasteiger partial charge in [0.05, 0.1) is 16.8 Å². The zero-order valence-corrected chi connectivity index (χ0v) is 23.7. The molecule has 4 heterocycles. The number of benzene rings is 1. The number of alkyl halides is 5. The fraction of sp³-hybridized carbons (Fsp3) is 0.467. The highest BCUT2D eigenvalue weighted by Gasteiger charge is 2.50. The van der Waals surface area contributed by atoms with Crippen molar-refractivity contribution in [3.8, 4) is 5.69 Å². The molecule has 0 radical (unpaired) electrons. The number of nitrogens with zero attached hydrogens (tertiary/aromatic N) is 7. The summed E-state index contributed by atoms with van der Waals surface area (Å²) in [5, 5.41) is 8.16. The lowest BCUT2D eigenvalue weighted by Gasteiger charge is -2.42. The standard InChI is InChI=1S/C30H30F5N7O/c1-19-14-40(8-7-29(19,31)32)15-20-9-24(30(33,34)35)25-17-41(27(43)42(25)16-20)23-6-4-5-21(10-23)28(11-22(12-28)36-2)13-26-38-37-18-39(26)3/h4-6,9-10,16-19,22H,7-8,11-15H2,1,3H3. The molecule has 1 saturated carbocycles. The first-order chi connectivity index (χ1) is 20.3. The summed E-state index contributed by atoms with van der Waals surface area (Å²) in [4.78, 5) is 19.0. The summed E-state index contributed by atoms with van der Waals surface area (Å²) in [6, 6.07) is 7.96. The van der Waals surface area contributed by atoms with Crippen LogP contribution in [0.15, 0.2) is 53.8 Å². The molecule has 1 aliphatic heterocycles. The maximum atomic E-state index is 14.3. The monoisotopic (exact) mass is 599 g/mol. The van der Waals surface area contributed by atoms with Crippen LogP contribution in [-0.2, 0) is 31.6 Å². The molecule has 1 saturated heterocycles. The summed E-state index contributed by atoms with van der Waals surface area (Å²) in [5.74, 6) is -3.00. The fourth-order valence-corrected chi connectivity index (χ4v) is 6.48. The van der Waals surface area contributed by atoms with E-state index in [-0.39, 0.29) is 43.2 Å². The molecular formula is C30H30F5N7O. The highest BCUT2D eigenvalue weighted by molar-refractivity contribution is 5.58. The van der Waals surface area contributed by atoms with Gasteiger partial charge in [-0.3, -0.25) is 13.9 Å². The largest absolute Gasteiger partial charge is 0.418 e. The zero-order valence-electron chi connectivity index (χ0n) is 23.7. The van der Waals surface area contributed by atoms with Crippen molar-refractivity contribution in [1.82, 2.24) is 28.6 Å². The number of pyridine rings is 1. The fourth-order valence-electron chi connectivity index (χ4n) is 6.48. The maximum Gasteiger partial charge on any atom is 0.418 e. The first-order valence-electron chi connectivity index (χ1n) is 14.0. The van der Waals surface area contributed by atoms with E-state index in [1.54, 1.807) is 29.4 Å². The molecule has 226 valence electrons. The number of piperidine rings is 1. The molecule has 1 atom stereocenters. The number of halogens is 5. The average Bonchev–Trinajstić information content (AvgIpc) is 3.49. The summed E-state index contributed by atoms with van der Waals surface area (Å²) in [6.07, 6.45) is 0.736. The molecule has 0 spiro atoms. The third kappa shape index (κ3) is 5.22. The van der Waals surface area contributed by atoms with E-state index in [0.29, 0.717) is 24.9 Å². The van der Waals surface area contributed by atoms with Crippen LogP contribution in [0.2, 0.25) is 0 Å². The minimum Gasteiger partial charge on any atom is -0.321 e. The average molecular weight is 600 g/mol. The van der Waals surface area contributed by atoms with Gasteiger partial charge < -0.3 is 9.41 Å². The number of hydrogen-bond donors (Lipinski definition) is 0. The molecule has 3 aromatic heterocycles. The van der Waals surface area contributed by atoms with Crippen molar-refractivity contribution in [2.45, 2.75) is 62.7 Å². The van der Waals surface area contributed by atoms with Gasteiger partial charge in [-0.25, -0.2) is 20.1 Å². The summed E-state index contributed by atoms with van der Waals surface area (Å²) >= 11 is 0. The van der Waals surface area contributed by atoms with Crippen molar-refractivity contribution in [3.63, 3.8) is 0 Å². The second kappa shape index (κ2) is 10.3. The quantitative estimate of drug-likeness (QED) is 0.224. The second-order valence-corrected chi connectivity index (χ2v) is 12.0. The molecule has 1 aromatic carbocycles. The van der Waals surface area contributed by atoms with Gasteiger partial charge in [0, 0.05) is 76.1 Å². The highest BCUT2D eigenvalue weighted by Crippen LogP contribution is 2.48. The van der Waals surface area contributed by atoms with Crippen molar-refractivity contribution in [2.24, 2.45) is 13.0 Å². The SMILES string of the molecule is [C-]#[N+]C1CC(Cc2nncn2C)(c2cccc(-n3cc4c(C(F)(F)F)cc(CN5CCC(F)(F)C(C)C5)cn4c3=O)c2)C1. The molecule has 0 amide bonds. The van der Waals surface area contributed by atoms with Gasteiger partial charge in [-0.15, -0.1) is 10.2 Å². The van der Waals surface area contributed by atoms with E-state index < -0.39 is 34.7 Å². The Bertz CT molecular complexity index is 1770. The van der Waals surface area contributed by atoms with Crippen molar-refractivity contribution in [2.75, 3.05) is 13.1 Å². The van der Waals surface area contributed by atoms with Gasteiger partial charge in [-0.1, -0.05) is 19.1 Å². The second-order valence-electron chi connectivity index (χ2n) is 12.0. The Hall–Kier alpha value is -4.05. The van der Waals surface area contributed by atoms with Gasteiger partial charge in [0.25, 0.3) is 5.92 Å². The number of likely N-dealkylation sites (tertiary alicyclic amines) is 1. The molecule has 6 rings (SSSR count). The molecule has 1 unspecified atom stereocenters. The summed E-state index contributed by atoms with van der Waals surface area (Å²) in [5.41, 5.74) is -0.886. The minimum atomic E-state index is -4.75. The normalized spacial score (nSPS) is 24.1. The zero-order chi connectivity index (χ0) is 30.7. The third-order valence-electron chi connectivity index (χ3n) is 9.02. The molecule has 0 N–H and O–H groups in total. The van der Waals surface area contributed by atoms with Gasteiger partial charge in [0.2, 0.25) is 6.04 Å². The predicted octanol–water partition coefficient (Wildman–Crippen LogP) is 5.28. The van der Waals surface area contributed by atoms with Crippen LogP contribution >= 0.6 is 0 Å². The Labute approximate surface area is 244 Å². The lowest BCUT2D eigenvalue weighted by Crippen LogP contribution is -2.45. The van der Waals surface area contributed by atoms with Gasteiger partial charge in [0.15, 0.2) is 0 Å². The van der Waals surface area contributed by atoms with Crippen LogP contribution in [0.25, 0.3) is 16.0 Å². The van der Waals surface area contributed by atoms with Crippen LogP contribution in [0.5, 0.6) is 0 Å². The van der Waals surface area contributed by atoms with Crippen LogP contribution in [0.1, 0.15) is 48.7 Å². The first kappa shape index (κ1) is 29.0. The lowest BCUT2D eigenvalue weighted by molar-refractivity contribution is -0.136. The number of aryl methyl sites for hydroxylation is 1. The number of fused-ring (bicyclic) bond motifs is 1. The summed E-state index contributed by atoms with van der Waals surface area (Å²) in [6.45, 7) is 9.00. The highest BCUT2D eigenvalue weighted by atomic mass is 19.4. The molecule has 0 bridgehead atoms. The van der Waals surface area contributed by atoms with Crippen LogP contribution < -0.4 is 5.69 Å². The molecule has 2 aliphatic rings. The molecule has 8 nitrogen and oxygen atoms in total. The van der Waals surface area contributed by atoms with E-state index in [2.05, 4.69) is 15.0 Å². The van der Waals surface area contributed by atoms with E-state index in [1.165, 1.54) is 23.9 Å². The van der Waals surface area contributed by atoms with Crippen molar-refractivity contribution in [1.29, 1.82) is 0 Å². The minimum absolute atomic E-state index is 0.0132. The topological polar surface area (TPSA) is 64.7 Å². The van der Waals surface area contributed by atoms with Crippen molar-refractivity contribution >= 4 is 5.52 Å². The molecule has 1 aliphatic carbocycles. The van der Waals surface area contributed by atoms with Crippen LogP contribution in [0, 0.1) is 12.5 Å². The van der Waals surface area contributed by atoms with Crippen LogP contribution in [0.4, 0.5) is 22.0 Å². The Balaban J connectivity index is 1.38. The molecule has 13 heteroatoms. The van der Waals surface area contributed by atoms with E-state index in [9.17, 15) is 26.7 Å². The number of aromatic nitrogens is 5. The Morgan fingerprint density at radius 1 is 1.16 bits per heavy atom. The Kier molecular flexibility index (Phi) is 6.95. The van der Waals surface area contributed by atoms with Gasteiger partial charge in [-0.05, 0) is 29.3 Å². The maximum absolute atomic E-state index is 14.3. The third-order valence-corrected chi connectivity index (χ3v) is 9.02. The summed E-state index contributed by atoms with van der Waals surface area (Å²) < 4.78 is 74.8. The number of imidazole rings is 1. The summed E-state index contributed by atoms with van der Waals surface area (Å²) in [7, 11) is 1.84. The smallest absolute Gasteiger partial charge is 0.321 e. The van der Waals surface area contributed by atoms with Gasteiger partial charge in [-0.2, -0.15) is 13.2 Å². The molecule has 43 heavy (non-hydrogen) atoms. The van der Waals surface area contributed by atoms with Crippen molar-refractivity contribution < 1.29 is 22.0 Å². The Morgan fingerprint density at radius 3 is 2.58 bits per heavy atom. The van der Waals surface area contributed by atoms with Crippen LogP contribution in [0.3, 0.4) is 0 Å². The molecule has 4 aromatic rings. The van der Waals surface area contributed by atoms with E-state index in [0.717, 1.165) is 21.9 Å². The van der Waals surface area contributed by atoms with E-state index in [4.69, 9.17) is 6.57 Å². The lowest BCUT2D eigenvalue weighted by atomic mass is 9.60. The molecule has 2 fully saturated rings. The predicted molar refractivity (Wildman–Crippen MR) is 148 cm³/mol. The molecular weight excluding hydrogens is 569 g/mol. The number of rotatable bonds is 6.